The second-order valence-electron chi connectivity index (χ2n) is 3.66. The van der Waals surface area contributed by atoms with E-state index < -0.39 is 0 Å². The zero-order valence-electron chi connectivity index (χ0n) is 9.31. The summed E-state index contributed by atoms with van der Waals surface area (Å²) in [6.45, 7) is 0.694. The van der Waals surface area contributed by atoms with Gasteiger partial charge in [-0.25, -0.2) is 0 Å². The number of alkyl halides is 1. The summed E-state index contributed by atoms with van der Waals surface area (Å²) in [5.41, 5.74) is 0.656. The van der Waals surface area contributed by atoms with E-state index in [4.69, 9.17) is 11.6 Å². The van der Waals surface area contributed by atoms with E-state index in [0.29, 0.717) is 18.0 Å². The van der Waals surface area contributed by atoms with E-state index in [-0.39, 0.29) is 5.91 Å². The van der Waals surface area contributed by atoms with Crippen LogP contribution in [0.2, 0.25) is 0 Å². The van der Waals surface area contributed by atoms with Crippen molar-refractivity contribution in [1.29, 1.82) is 0 Å². The highest BCUT2D eigenvalue weighted by molar-refractivity contribution is 9.11. The van der Waals surface area contributed by atoms with Crippen molar-refractivity contribution in [3.63, 3.8) is 0 Å². The fourth-order valence-electron chi connectivity index (χ4n) is 1.39. The Balaban J connectivity index is 2.41. The van der Waals surface area contributed by atoms with Crippen LogP contribution in [0, 0.1) is 0 Å². The van der Waals surface area contributed by atoms with Crippen LogP contribution in [0.1, 0.15) is 29.6 Å². The SMILES string of the molecule is O=C(NCCCCCCl)c1cc(Br)cc(Br)c1. The van der Waals surface area contributed by atoms with Gasteiger partial charge in [-0.15, -0.1) is 11.6 Å². The molecule has 94 valence electrons. The first-order chi connectivity index (χ1) is 8.13. The van der Waals surface area contributed by atoms with Gasteiger partial charge in [-0.1, -0.05) is 38.3 Å². The molecule has 0 radical (unpaired) electrons. The van der Waals surface area contributed by atoms with Crippen molar-refractivity contribution in [1.82, 2.24) is 5.32 Å². The highest BCUT2D eigenvalue weighted by Crippen LogP contribution is 2.19. The maximum Gasteiger partial charge on any atom is 0.251 e. The number of carbonyl (C=O) groups is 1. The fourth-order valence-corrected chi connectivity index (χ4v) is 2.87. The van der Waals surface area contributed by atoms with E-state index in [9.17, 15) is 4.79 Å². The third-order valence-electron chi connectivity index (χ3n) is 2.22. The Morgan fingerprint density at radius 2 is 1.76 bits per heavy atom. The van der Waals surface area contributed by atoms with Crippen LogP contribution in [0.4, 0.5) is 0 Å². The molecule has 0 aliphatic heterocycles. The predicted molar refractivity (Wildman–Crippen MR) is 78.7 cm³/mol. The molecule has 0 heterocycles. The quantitative estimate of drug-likeness (QED) is 0.574. The number of unbranched alkanes of at least 4 members (excludes halogenated alkanes) is 2. The van der Waals surface area contributed by atoms with E-state index in [1.807, 2.05) is 6.07 Å². The second-order valence-corrected chi connectivity index (χ2v) is 5.87. The minimum Gasteiger partial charge on any atom is -0.352 e. The summed E-state index contributed by atoms with van der Waals surface area (Å²) in [6.07, 6.45) is 3.01. The van der Waals surface area contributed by atoms with Gasteiger partial charge in [0.25, 0.3) is 5.91 Å². The molecule has 0 bridgehead atoms. The molecule has 1 amide bonds. The Morgan fingerprint density at radius 1 is 1.12 bits per heavy atom. The molecule has 17 heavy (non-hydrogen) atoms. The Kier molecular flexibility index (Phi) is 7.16. The van der Waals surface area contributed by atoms with Gasteiger partial charge in [0.1, 0.15) is 0 Å². The second kappa shape index (κ2) is 8.11. The smallest absolute Gasteiger partial charge is 0.251 e. The summed E-state index contributed by atoms with van der Waals surface area (Å²) >= 11 is 12.3. The van der Waals surface area contributed by atoms with Crippen LogP contribution in [0.25, 0.3) is 0 Å². The molecular weight excluding hydrogens is 369 g/mol. The van der Waals surface area contributed by atoms with E-state index in [2.05, 4.69) is 37.2 Å². The minimum atomic E-state index is -0.0436. The highest BCUT2D eigenvalue weighted by Gasteiger charge is 2.06. The first-order valence-corrected chi connectivity index (χ1v) is 7.56. The van der Waals surface area contributed by atoms with Crippen LogP contribution < -0.4 is 5.32 Å². The van der Waals surface area contributed by atoms with E-state index in [0.717, 1.165) is 28.2 Å². The molecule has 0 atom stereocenters. The molecule has 1 aromatic carbocycles. The lowest BCUT2D eigenvalue weighted by Crippen LogP contribution is -2.24. The maximum atomic E-state index is 11.8. The van der Waals surface area contributed by atoms with Gasteiger partial charge in [0.15, 0.2) is 0 Å². The molecule has 0 saturated heterocycles. The summed E-state index contributed by atoms with van der Waals surface area (Å²) in [5, 5.41) is 2.89. The van der Waals surface area contributed by atoms with Gasteiger partial charge in [-0.05, 0) is 31.0 Å². The Labute approximate surface area is 123 Å². The standard InChI is InChI=1S/C12H14Br2ClNO/c13-10-6-9(7-11(14)8-10)12(17)16-5-3-1-2-4-15/h6-8H,1-5H2,(H,16,17). The minimum absolute atomic E-state index is 0.0436. The Hall–Kier alpha value is -0.0600. The summed E-state index contributed by atoms with van der Waals surface area (Å²) < 4.78 is 1.78. The third-order valence-corrected chi connectivity index (χ3v) is 3.40. The van der Waals surface area contributed by atoms with Crippen molar-refractivity contribution in [3.8, 4) is 0 Å². The van der Waals surface area contributed by atoms with Crippen molar-refractivity contribution in [3.05, 3.63) is 32.7 Å². The van der Waals surface area contributed by atoms with Gasteiger partial charge < -0.3 is 5.32 Å². The summed E-state index contributed by atoms with van der Waals surface area (Å²) in [5.74, 6) is 0.643. The summed E-state index contributed by atoms with van der Waals surface area (Å²) in [7, 11) is 0. The zero-order chi connectivity index (χ0) is 12.7. The van der Waals surface area contributed by atoms with Crippen LogP contribution in [0.5, 0.6) is 0 Å². The number of hydrogen-bond acceptors (Lipinski definition) is 1. The lowest BCUT2D eigenvalue weighted by molar-refractivity contribution is 0.0953. The third kappa shape index (κ3) is 5.89. The van der Waals surface area contributed by atoms with E-state index in [1.165, 1.54) is 0 Å². The average Bonchev–Trinajstić information content (AvgIpc) is 2.27. The molecule has 0 aliphatic carbocycles. The predicted octanol–water partition coefficient (Wildman–Crippen LogP) is 4.35. The molecule has 0 aliphatic rings. The van der Waals surface area contributed by atoms with Gasteiger partial charge in [0.05, 0.1) is 0 Å². The first-order valence-electron chi connectivity index (χ1n) is 5.43. The molecule has 0 saturated carbocycles. The number of halogens is 3. The number of benzene rings is 1. The molecule has 2 nitrogen and oxygen atoms in total. The normalized spacial score (nSPS) is 10.3. The van der Waals surface area contributed by atoms with Crippen LogP contribution in [-0.2, 0) is 0 Å². The summed E-state index contributed by atoms with van der Waals surface area (Å²) in [4.78, 5) is 11.8. The van der Waals surface area contributed by atoms with E-state index in [1.54, 1.807) is 12.1 Å². The largest absolute Gasteiger partial charge is 0.352 e. The van der Waals surface area contributed by atoms with Crippen molar-refractivity contribution in [2.75, 3.05) is 12.4 Å². The van der Waals surface area contributed by atoms with Crippen molar-refractivity contribution >= 4 is 49.4 Å². The maximum absolute atomic E-state index is 11.8. The lowest BCUT2D eigenvalue weighted by atomic mass is 10.2. The Morgan fingerprint density at radius 3 is 2.35 bits per heavy atom. The average molecular weight is 384 g/mol. The van der Waals surface area contributed by atoms with Gasteiger partial charge in [0, 0.05) is 26.9 Å². The molecule has 1 aromatic rings. The fraction of sp³-hybridized carbons (Fsp3) is 0.417. The van der Waals surface area contributed by atoms with Crippen LogP contribution in [-0.4, -0.2) is 18.3 Å². The van der Waals surface area contributed by atoms with Crippen LogP contribution in [0.15, 0.2) is 27.1 Å². The first kappa shape index (κ1) is 15.0. The van der Waals surface area contributed by atoms with Crippen molar-refractivity contribution < 1.29 is 4.79 Å². The number of nitrogens with one attached hydrogen (secondary N) is 1. The van der Waals surface area contributed by atoms with Gasteiger partial charge in [0.2, 0.25) is 0 Å². The van der Waals surface area contributed by atoms with Crippen molar-refractivity contribution in [2.45, 2.75) is 19.3 Å². The van der Waals surface area contributed by atoms with Crippen LogP contribution in [0.3, 0.4) is 0 Å². The molecule has 0 fully saturated rings. The number of rotatable bonds is 6. The highest BCUT2D eigenvalue weighted by atomic mass is 79.9. The van der Waals surface area contributed by atoms with Gasteiger partial charge in [-0.2, -0.15) is 0 Å². The molecule has 0 unspecified atom stereocenters. The Bertz CT molecular complexity index is 365. The zero-order valence-corrected chi connectivity index (χ0v) is 13.2. The summed E-state index contributed by atoms with van der Waals surface area (Å²) in [6, 6.07) is 5.51. The van der Waals surface area contributed by atoms with E-state index >= 15 is 0 Å². The number of hydrogen-bond donors (Lipinski definition) is 1. The molecule has 1 N–H and O–H groups in total. The topological polar surface area (TPSA) is 29.1 Å². The lowest BCUT2D eigenvalue weighted by Gasteiger charge is -2.06. The van der Waals surface area contributed by atoms with Gasteiger partial charge >= 0.3 is 0 Å². The van der Waals surface area contributed by atoms with Gasteiger partial charge in [-0.3, -0.25) is 4.79 Å². The molecule has 5 heteroatoms. The van der Waals surface area contributed by atoms with Crippen molar-refractivity contribution in [2.24, 2.45) is 0 Å². The number of carbonyl (C=O) groups excluding carboxylic acids is 1. The monoisotopic (exact) mass is 381 g/mol. The molecular formula is C12H14Br2ClNO. The number of amides is 1. The molecule has 1 rings (SSSR count). The molecule has 0 aromatic heterocycles. The molecule has 0 spiro atoms. The van der Waals surface area contributed by atoms with Crippen LogP contribution >= 0.6 is 43.5 Å².